The van der Waals surface area contributed by atoms with Crippen molar-refractivity contribution in [1.29, 1.82) is 0 Å². The number of aliphatic carboxylic acids is 1. The van der Waals surface area contributed by atoms with Gasteiger partial charge < -0.3 is 33.3 Å². The van der Waals surface area contributed by atoms with Crippen molar-refractivity contribution in [3.05, 3.63) is 122 Å². The molecule has 0 aliphatic carbocycles. The highest BCUT2D eigenvalue weighted by Crippen LogP contribution is 2.18. The lowest BCUT2D eigenvalue weighted by Gasteiger charge is -2.26. The van der Waals surface area contributed by atoms with Crippen molar-refractivity contribution >= 4 is 17.9 Å². The van der Waals surface area contributed by atoms with E-state index in [1.807, 2.05) is 21.1 Å². The van der Waals surface area contributed by atoms with Crippen molar-refractivity contribution in [3.8, 4) is 0 Å². The van der Waals surface area contributed by atoms with Gasteiger partial charge in [-0.1, -0.05) is 341 Å². The van der Waals surface area contributed by atoms with Gasteiger partial charge in [-0.3, -0.25) is 9.59 Å². The normalized spacial score (nSPS) is 13.3. The Kier molecular flexibility index (Phi) is 70.1. The predicted molar refractivity (Wildman–Crippen MR) is 398 cm³/mol. The third kappa shape index (κ3) is 74.9. The number of carbonyl (C=O) groups excluding carboxylic acids is 3. The quantitative estimate of drug-likeness (QED) is 0.0195. The molecule has 2 unspecified atom stereocenters. The van der Waals surface area contributed by atoms with Crippen LogP contribution in [0.15, 0.2) is 122 Å². The van der Waals surface area contributed by atoms with E-state index in [1.165, 1.54) is 199 Å². The molecular formula is C84H145NO8. The smallest absolute Gasteiger partial charge is 0.306 e. The topological polar surface area (TPSA) is 111 Å². The molecule has 0 spiro atoms. The molecule has 0 aliphatic heterocycles. The van der Waals surface area contributed by atoms with E-state index in [9.17, 15) is 19.5 Å². The van der Waals surface area contributed by atoms with E-state index in [2.05, 4.69) is 135 Å². The van der Waals surface area contributed by atoms with Crippen LogP contribution < -0.4 is 5.11 Å². The van der Waals surface area contributed by atoms with Gasteiger partial charge in [0.25, 0.3) is 0 Å². The Morgan fingerprint density at radius 3 is 0.860 bits per heavy atom. The number of carbonyl (C=O) groups is 3. The fourth-order valence-corrected chi connectivity index (χ4v) is 10.9. The molecule has 9 heteroatoms. The summed E-state index contributed by atoms with van der Waals surface area (Å²) in [5, 5.41) is 11.9. The number of quaternary nitrogens is 1. The molecule has 0 saturated heterocycles. The maximum atomic E-state index is 13.0. The average Bonchev–Trinajstić information content (AvgIpc) is 3.74. The molecule has 0 aliphatic rings. The molecule has 0 N–H and O–H groups in total. The largest absolute Gasteiger partial charge is 0.545 e. The predicted octanol–water partition coefficient (Wildman–Crippen LogP) is 23.4. The second-order valence-corrected chi connectivity index (χ2v) is 26.9. The van der Waals surface area contributed by atoms with E-state index >= 15 is 0 Å². The highest BCUT2D eigenvalue weighted by Gasteiger charge is 2.22. The lowest BCUT2D eigenvalue weighted by molar-refractivity contribution is -0.870. The van der Waals surface area contributed by atoms with Crippen LogP contribution in [0.5, 0.6) is 0 Å². The number of allylic oxidation sites excluding steroid dienone is 20. The molecule has 0 amide bonds. The summed E-state index contributed by atoms with van der Waals surface area (Å²) in [5.74, 6) is -2.27. The minimum atomic E-state index is -1.63. The Hall–Kier alpha value is -4.31. The first-order chi connectivity index (χ1) is 45.6. The van der Waals surface area contributed by atoms with E-state index in [4.69, 9.17) is 18.9 Å². The first-order valence-corrected chi connectivity index (χ1v) is 38.7. The number of unbranched alkanes of at least 4 members (excludes halogenated alkanes) is 36. The zero-order valence-electron chi connectivity index (χ0n) is 61.1. The highest BCUT2D eigenvalue weighted by molar-refractivity contribution is 5.70. The van der Waals surface area contributed by atoms with Gasteiger partial charge in [0.05, 0.1) is 40.3 Å². The van der Waals surface area contributed by atoms with Gasteiger partial charge >= 0.3 is 11.9 Å². The van der Waals surface area contributed by atoms with Crippen molar-refractivity contribution in [3.63, 3.8) is 0 Å². The summed E-state index contributed by atoms with van der Waals surface area (Å²) >= 11 is 0. The number of nitrogens with zero attached hydrogens (tertiary/aromatic N) is 1. The van der Waals surface area contributed by atoms with Crippen molar-refractivity contribution in [2.45, 2.75) is 347 Å². The van der Waals surface area contributed by atoms with Crippen LogP contribution in [0.4, 0.5) is 0 Å². The molecule has 0 radical (unpaired) electrons. The number of hydrogen-bond acceptors (Lipinski definition) is 8. The zero-order valence-corrected chi connectivity index (χ0v) is 61.1. The SMILES string of the molecule is CC/C=C\C/C=C\C/C=C\C/C=C\C/C=C\C/C=C\CCCCCCCCCCCCCCCCCCC(=O)OC(COC(=O)CCCCCCCCCCCCCCCCCCCCCC/C=C\C/C=C\C/C=C\C/C=C\CC)COC(OCC[N+](C)(C)C)C(=O)[O-]. The Balaban J connectivity index is 4.04. The molecule has 93 heavy (non-hydrogen) atoms. The summed E-state index contributed by atoms with van der Waals surface area (Å²) in [6.07, 6.45) is 102. The Labute approximate surface area is 574 Å². The van der Waals surface area contributed by atoms with Crippen LogP contribution in [0.1, 0.15) is 335 Å². The zero-order chi connectivity index (χ0) is 67.5. The summed E-state index contributed by atoms with van der Waals surface area (Å²) in [6.45, 7) is 4.56. The minimum Gasteiger partial charge on any atom is -0.545 e. The van der Waals surface area contributed by atoms with Crippen LogP contribution in [0.2, 0.25) is 0 Å². The molecule has 0 fully saturated rings. The molecule has 534 valence electrons. The number of carboxylic acid groups (broad SMARTS) is 1. The minimum absolute atomic E-state index is 0.146. The number of carboxylic acids is 1. The second kappa shape index (κ2) is 73.5. The van der Waals surface area contributed by atoms with Crippen molar-refractivity contribution in [1.82, 2.24) is 0 Å². The van der Waals surface area contributed by atoms with Gasteiger partial charge in [-0.15, -0.1) is 0 Å². The fourth-order valence-electron chi connectivity index (χ4n) is 10.9. The summed E-state index contributed by atoms with van der Waals surface area (Å²) in [4.78, 5) is 37.6. The van der Waals surface area contributed by atoms with E-state index < -0.39 is 24.3 Å². The van der Waals surface area contributed by atoms with Gasteiger partial charge in [0.1, 0.15) is 13.2 Å². The highest BCUT2D eigenvalue weighted by atomic mass is 16.7. The lowest BCUT2D eigenvalue weighted by atomic mass is 10.0. The van der Waals surface area contributed by atoms with Crippen LogP contribution in [0, 0.1) is 0 Å². The number of hydrogen-bond donors (Lipinski definition) is 0. The van der Waals surface area contributed by atoms with Gasteiger partial charge in [0, 0.05) is 12.8 Å². The second-order valence-electron chi connectivity index (χ2n) is 26.9. The fraction of sp³-hybridized carbons (Fsp3) is 0.726. The van der Waals surface area contributed by atoms with Crippen LogP contribution in [0.3, 0.4) is 0 Å². The monoisotopic (exact) mass is 1300 g/mol. The maximum Gasteiger partial charge on any atom is 0.306 e. The van der Waals surface area contributed by atoms with E-state index in [0.29, 0.717) is 23.9 Å². The van der Waals surface area contributed by atoms with Gasteiger partial charge in [-0.2, -0.15) is 0 Å². The third-order valence-electron chi connectivity index (χ3n) is 16.7. The number of esters is 2. The van der Waals surface area contributed by atoms with E-state index in [0.717, 1.165) is 103 Å². The Morgan fingerprint density at radius 1 is 0.323 bits per heavy atom. The summed E-state index contributed by atoms with van der Waals surface area (Å²) in [7, 11) is 5.94. The van der Waals surface area contributed by atoms with Crippen molar-refractivity contribution < 1.29 is 42.9 Å². The van der Waals surface area contributed by atoms with E-state index in [1.54, 1.807) is 0 Å². The maximum absolute atomic E-state index is 13.0. The molecule has 0 saturated carbocycles. The van der Waals surface area contributed by atoms with E-state index in [-0.39, 0.29) is 32.2 Å². The average molecular weight is 1300 g/mol. The number of ether oxygens (including phenoxy) is 4. The summed E-state index contributed by atoms with van der Waals surface area (Å²) in [5.41, 5.74) is 0. The van der Waals surface area contributed by atoms with Crippen molar-refractivity contribution in [2.24, 2.45) is 0 Å². The molecule has 2 atom stereocenters. The number of rotatable bonds is 71. The van der Waals surface area contributed by atoms with Gasteiger partial charge in [0.2, 0.25) is 0 Å². The molecule has 0 aromatic carbocycles. The van der Waals surface area contributed by atoms with Crippen LogP contribution in [-0.4, -0.2) is 82.3 Å². The summed E-state index contributed by atoms with van der Waals surface area (Å²) in [6, 6.07) is 0. The Morgan fingerprint density at radius 2 is 0.581 bits per heavy atom. The molecular weight excluding hydrogens is 1150 g/mol. The lowest BCUT2D eigenvalue weighted by Crippen LogP contribution is -2.44. The third-order valence-corrected chi connectivity index (χ3v) is 16.7. The standard InChI is InChI=1S/C84H145NO8/c1-6-8-10-12-14-16-18-20-22-24-26-28-30-32-34-36-38-40-41-43-45-47-49-51-53-55-57-59-61-63-65-67-69-71-73-75-82(87)93-80(79-92-84(83(88)89)90-77-76-85(3,4)5)78-91-81(86)74-72-70-68-66-64-62-60-58-56-54-52-50-48-46-44-42-39-37-35-33-31-29-27-25-23-21-19-17-15-13-11-9-7-2/h8-11,14-17,20-23,26-29,32,34,38,40,80,84H,6-7,12-13,18-19,24-25,30-31,33,35-37,39,41-79H2,1-5H3/b10-8-,11-9-,16-14-,17-15-,22-20-,23-21-,28-26-,29-27-,34-32-,40-38-. The molecule has 0 aromatic rings. The molecule has 9 nitrogen and oxygen atoms in total. The summed E-state index contributed by atoms with van der Waals surface area (Å²) < 4.78 is 22.9. The van der Waals surface area contributed by atoms with Crippen LogP contribution >= 0.6 is 0 Å². The first-order valence-electron chi connectivity index (χ1n) is 38.7. The van der Waals surface area contributed by atoms with Gasteiger partial charge in [-0.05, 0) is 103 Å². The van der Waals surface area contributed by atoms with Crippen LogP contribution in [-0.2, 0) is 33.3 Å². The Bertz CT molecular complexity index is 1950. The molecule has 0 heterocycles. The number of likely N-dealkylation sites (N-methyl/N-ethyl adjacent to an activating group) is 1. The molecule has 0 rings (SSSR count). The van der Waals surface area contributed by atoms with Gasteiger partial charge in [-0.25, -0.2) is 0 Å². The van der Waals surface area contributed by atoms with Gasteiger partial charge in [0.15, 0.2) is 12.4 Å². The van der Waals surface area contributed by atoms with Crippen molar-refractivity contribution in [2.75, 3.05) is 47.5 Å². The molecule has 0 bridgehead atoms. The molecule has 0 aromatic heterocycles. The van der Waals surface area contributed by atoms with Crippen LogP contribution in [0.25, 0.3) is 0 Å². The first kappa shape index (κ1) is 88.7.